The van der Waals surface area contributed by atoms with Gasteiger partial charge in [-0.3, -0.25) is 4.79 Å². The van der Waals surface area contributed by atoms with Gasteiger partial charge in [0.05, 0.1) is 12.8 Å². The molecule has 0 saturated heterocycles. The summed E-state index contributed by atoms with van der Waals surface area (Å²) >= 11 is 0. The minimum atomic E-state index is -0.453. The van der Waals surface area contributed by atoms with E-state index in [1.165, 1.54) is 5.56 Å². The molecule has 4 nitrogen and oxygen atoms in total. The molecule has 0 fully saturated rings. The third-order valence-electron chi connectivity index (χ3n) is 3.05. The fourth-order valence-corrected chi connectivity index (χ4v) is 2.02. The Bertz CT molecular complexity index is 624. The van der Waals surface area contributed by atoms with Crippen LogP contribution >= 0.6 is 0 Å². The second-order valence-electron chi connectivity index (χ2n) is 4.62. The molecule has 0 saturated carbocycles. The van der Waals surface area contributed by atoms with Gasteiger partial charge in [-0.15, -0.1) is 0 Å². The number of ether oxygens (including phenoxy) is 1. The second-order valence-corrected chi connectivity index (χ2v) is 4.62. The Kier molecular flexibility index (Phi) is 4.25. The molecule has 1 amide bonds. The highest BCUT2D eigenvalue weighted by Gasteiger charge is 2.07. The van der Waals surface area contributed by atoms with Gasteiger partial charge >= 0.3 is 0 Å². The number of aryl methyl sites for hydroxylation is 1. The van der Waals surface area contributed by atoms with Gasteiger partial charge in [0.15, 0.2) is 0 Å². The van der Waals surface area contributed by atoms with Crippen molar-refractivity contribution >= 4 is 11.6 Å². The van der Waals surface area contributed by atoms with E-state index in [1.807, 2.05) is 12.1 Å². The van der Waals surface area contributed by atoms with Crippen LogP contribution in [-0.4, -0.2) is 13.0 Å². The van der Waals surface area contributed by atoms with Crippen LogP contribution in [0.2, 0.25) is 0 Å². The van der Waals surface area contributed by atoms with E-state index in [2.05, 4.69) is 24.4 Å². The zero-order valence-electron chi connectivity index (χ0n) is 11.6. The van der Waals surface area contributed by atoms with Crippen LogP contribution in [0.3, 0.4) is 0 Å². The number of benzene rings is 2. The lowest BCUT2D eigenvalue weighted by Crippen LogP contribution is -2.11. The standard InChI is InChI=1S/C16H18N2O2/c1-11-4-3-5-12(8-11)10-18-14-9-13(16(17)19)6-7-15(14)20-2/h3-9,18H,10H2,1-2H3,(H2,17,19). The van der Waals surface area contributed by atoms with Crippen LogP contribution in [0.5, 0.6) is 5.75 Å². The number of hydrogen-bond donors (Lipinski definition) is 2. The van der Waals surface area contributed by atoms with E-state index >= 15 is 0 Å². The number of carbonyl (C=O) groups excluding carboxylic acids is 1. The van der Waals surface area contributed by atoms with Crippen LogP contribution in [0, 0.1) is 6.92 Å². The molecule has 0 bridgehead atoms. The summed E-state index contributed by atoms with van der Waals surface area (Å²) in [7, 11) is 1.59. The fourth-order valence-electron chi connectivity index (χ4n) is 2.02. The van der Waals surface area contributed by atoms with E-state index in [-0.39, 0.29) is 0 Å². The topological polar surface area (TPSA) is 64.3 Å². The zero-order valence-corrected chi connectivity index (χ0v) is 11.6. The quantitative estimate of drug-likeness (QED) is 0.878. The first kappa shape index (κ1) is 13.9. The molecule has 0 unspecified atom stereocenters. The molecule has 0 heterocycles. The molecule has 104 valence electrons. The summed E-state index contributed by atoms with van der Waals surface area (Å²) in [6.07, 6.45) is 0. The molecule has 20 heavy (non-hydrogen) atoms. The molecule has 0 aliphatic heterocycles. The molecule has 0 aliphatic carbocycles. The van der Waals surface area contributed by atoms with Gasteiger partial charge in [0.2, 0.25) is 5.91 Å². The summed E-state index contributed by atoms with van der Waals surface area (Å²) in [5.41, 5.74) is 8.88. The van der Waals surface area contributed by atoms with Crippen molar-refractivity contribution in [2.24, 2.45) is 5.73 Å². The largest absolute Gasteiger partial charge is 0.495 e. The number of methoxy groups -OCH3 is 1. The molecular formula is C16H18N2O2. The van der Waals surface area contributed by atoms with Crippen molar-refractivity contribution in [3.05, 3.63) is 59.2 Å². The van der Waals surface area contributed by atoms with Crippen LogP contribution in [0.25, 0.3) is 0 Å². The summed E-state index contributed by atoms with van der Waals surface area (Å²) < 4.78 is 5.28. The number of rotatable bonds is 5. The molecule has 0 radical (unpaired) electrons. The van der Waals surface area contributed by atoms with Gasteiger partial charge in [-0.05, 0) is 30.7 Å². The summed E-state index contributed by atoms with van der Waals surface area (Å²) in [6.45, 7) is 2.71. The van der Waals surface area contributed by atoms with Crippen molar-refractivity contribution in [3.8, 4) is 5.75 Å². The Morgan fingerprint density at radius 3 is 2.70 bits per heavy atom. The van der Waals surface area contributed by atoms with E-state index < -0.39 is 5.91 Å². The maximum atomic E-state index is 11.2. The molecular weight excluding hydrogens is 252 g/mol. The molecule has 0 aromatic heterocycles. The lowest BCUT2D eigenvalue weighted by atomic mass is 10.1. The maximum Gasteiger partial charge on any atom is 0.248 e. The number of nitrogens with one attached hydrogen (secondary N) is 1. The lowest BCUT2D eigenvalue weighted by Gasteiger charge is -2.12. The lowest BCUT2D eigenvalue weighted by molar-refractivity contribution is 0.100. The molecule has 3 N–H and O–H groups in total. The Morgan fingerprint density at radius 2 is 2.05 bits per heavy atom. The zero-order chi connectivity index (χ0) is 14.5. The summed E-state index contributed by atoms with van der Waals surface area (Å²) in [6, 6.07) is 13.3. The van der Waals surface area contributed by atoms with E-state index in [0.717, 1.165) is 11.3 Å². The second kappa shape index (κ2) is 6.10. The van der Waals surface area contributed by atoms with Crippen LogP contribution in [-0.2, 0) is 6.54 Å². The van der Waals surface area contributed by atoms with Gasteiger partial charge in [0.1, 0.15) is 5.75 Å². The van der Waals surface area contributed by atoms with Gasteiger partial charge in [0.25, 0.3) is 0 Å². The highest BCUT2D eigenvalue weighted by Crippen LogP contribution is 2.26. The third kappa shape index (κ3) is 3.29. The maximum absolute atomic E-state index is 11.2. The van der Waals surface area contributed by atoms with Gasteiger partial charge < -0.3 is 15.8 Å². The summed E-state index contributed by atoms with van der Waals surface area (Å²) in [5, 5.41) is 3.27. The van der Waals surface area contributed by atoms with Gasteiger partial charge in [-0.1, -0.05) is 29.8 Å². The van der Waals surface area contributed by atoms with Crippen molar-refractivity contribution in [2.45, 2.75) is 13.5 Å². The average molecular weight is 270 g/mol. The van der Waals surface area contributed by atoms with Gasteiger partial charge in [0, 0.05) is 12.1 Å². The van der Waals surface area contributed by atoms with E-state index in [9.17, 15) is 4.79 Å². The Labute approximate surface area is 118 Å². The van der Waals surface area contributed by atoms with E-state index in [4.69, 9.17) is 10.5 Å². The number of primary amides is 1. The van der Waals surface area contributed by atoms with E-state index in [1.54, 1.807) is 25.3 Å². The number of anilines is 1. The van der Waals surface area contributed by atoms with Crippen molar-refractivity contribution in [2.75, 3.05) is 12.4 Å². The fraction of sp³-hybridized carbons (Fsp3) is 0.188. The first-order chi connectivity index (χ1) is 9.60. The third-order valence-corrected chi connectivity index (χ3v) is 3.05. The van der Waals surface area contributed by atoms with Crippen molar-refractivity contribution in [1.82, 2.24) is 0 Å². The van der Waals surface area contributed by atoms with Crippen molar-refractivity contribution in [1.29, 1.82) is 0 Å². The minimum Gasteiger partial charge on any atom is -0.495 e. The minimum absolute atomic E-state index is 0.453. The van der Waals surface area contributed by atoms with Gasteiger partial charge in [-0.2, -0.15) is 0 Å². The van der Waals surface area contributed by atoms with Crippen LogP contribution in [0.4, 0.5) is 5.69 Å². The predicted molar refractivity (Wildman–Crippen MR) is 80.0 cm³/mol. The predicted octanol–water partition coefficient (Wildman–Crippen LogP) is 2.71. The summed E-state index contributed by atoms with van der Waals surface area (Å²) in [4.78, 5) is 11.2. The molecule has 2 rings (SSSR count). The Hall–Kier alpha value is -2.49. The number of carbonyl (C=O) groups is 1. The van der Waals surface area contributed by atoms with Crippen LogP contribution in [0.1, 0.15) is 21.5 Å². The first-order valence-corrected chi connectivity index (χ1v) is 6.37. The number of nitrogens with two attached hydrogens (primary N) is 1. The number of amides is 1. The highest BCUT2D eigenvalue weighted by molar-refractivity contribution is 5.94. The molecule has 2 aromatic carbocycles. The highest BCUT2D eigenvalue weighted by atomic mass is 16.5. The molecule has 0 atom stereocenters. The molecule has 0 aliphatic rings. The molecule has 2 aromatic rings. The smallest absolute Gasteiger partial charge is 0.248 e. The van der Waals surface area contributed by atoms with Crippen LogP contribution < -0.4 is 15.8 Å². The van der Waals surface area contributed by atoms with Crippen LogP contribution in [0.15, 0.2) is 42.5 Å². The van der Waals surface area contributed by atoms with Gasteiger partial charge in [-0.25, -0.2) is 0 Å². The SMILES string of the molecule is COc1ccc(C(N)=O)cc1NCc1cccc(C)c1. The monoisotopic (exact) mass is 270 g/mol. The molecule has 0 spiro atoms. The average Bonchev–Trinajstić information content (AvgIpc) is 2.44. The Morgan fingerprint density at radius 1 is 1.25 bits per heavy atom. The summed E-state index contributed by atoms with van der Waals surface area (Å²) in [5.74, 6) is 0.230. The normalized spacial score (nSPS) is 10.1. The number of hydrogen-bond acceptors (Lipinski definition) is 3. The van der Waals surface area contributed by atoms with Crippen molar-refractivity contribution in [3.63, 3.8) is 0 Å². The Balaban J connectivity index is 2.19. The van der Waals surface area contributed by atoms with E-state index in [0.29, 0.717) is 17.9 Å². The molecule has 4 heteroatoms. The first-order valence-electron chi connectivity index (χ1n) is 6.37. The van der Waals surface area contributed by atoms with Crippen molar-refractivity contribution < 1.29 is 9.53 Å².